The molecule has 2 aromatic carbocycles. The number of ether oxygens (including phenoxy) is 2. The molecule has 142 valence electrons. The molecule has 0 bridgehead atoms. The molecule has 1 N–H and O–H groups in total. The summed E-state index contributed by atoms with van der Waals surface area (Å²) in [4.78, 5) is 8.56. The zero-order valence-electron chi connectivity index (χ0n) is 14.5. The highest BCUT2D eigenvalue weighted by Gasteiger charge is 2.10. The smallest absolute Gasteiger partial charge is 0.255 e. The Morgan fingerprint density at radius 1 is 1.00 bits per heavy atom. The second-order valence-corrected chi connectivity index (χ2v) is 6.32. The molecule has 0 unspecified atom stereocenters. The molecule has 0 fully saturated rings. The van der Waals surface area contributed by atoms with Crippen LogP contribution >= 0.6 is 23.2 Å². The van der Waals surface area contributed by atoms with Gasteiger partial charge in [-0.1, -0.05) is 35.3 Å². The molecule has 0 spiro atoms. The minimum atomic E-state index is -0.693. The van der Waals surface area contributed by atoms with Gasteiger partial charge in [0.1, 0.15) is 19.0 Å². The zero-order valence-corrected chi connectivity index (χ0v) is 16.0. The number of rotatable bonds is 8. The highest BCUT2D eigenvalue weighted by atomic mass is 35.5. The fourth-order valence-electron chi connectivity index (χ4n) is 2.50. The molecule has 0 saturated heterocycles. The summed E-state index contributed by atoms with van der Waals surface area (Å²) < 4.78 is 25.2. The maximum Gasteiger partial charge on any atom is 0.255 e. The van der Waals surface area contributed by atoms with Crippen LogP contribution in [0.15, 0.2) is 42.5 Å². The van der Waals surface area contributed by atoms with Gasteiger partial charge >= 0.3 is 0 Å². The van der Waals surface area contributed by atoms with Crippen molar-refractivity contribution in [3.63, 3.8) is 0 Å². The molecule has 3 rings (SSSR count). The third-order valence-electron chi connectivity index (χ3n) is 3.76. The van der Waals surface area contributed by atoms with E-state index >= 15 is 0 Å². The molecular formula is C19H17Cl2FN2O3. The van der Waals surface area contributed by atoms with Crippen LogP contribution in [0.3, 0.4) is 0 Å². The molecule has 5 nitrogen and oxygen atoms in total. The van der Waals surface area contributed by atoms with E-state index in [2.05, 4.69) is 15.3 Å². The Kier molecular flexibility index (Phi) is 6.68. The average Bonchev–Trinajstić information content (AvgIpc) is 2.68. The second kappa shape index (κ2) is 9.19. The summed E-state index contributed by atoms with van der Waals surface area (Å²) in [6.07, 6.45) is 0. The minimum absolute atomic E-state index is 0.0724. The summed E-state index contributed by atoms with van der Waals surface area (Å²) >= 11 is 12.3. The third-order valence-corrected chi connectivity index (χ3v) is 4.58. The van der Waals surface area contributed by atoms with Crippen molar-refractivity contribution < 1.29 is 18.7 Å². The van der Waals surface area contributed by atoms with Crippen molar-refractivity contribution in [2.45, 2.75) is 6.61 Å². The largest absolute Gasteiger partial charge is 0.487 e. The Morgan fingerprint density at radius 3 is 2.63 bits per heavy atom. The van der Waals surface area contributed by atoms with Crippen molar-refractivity contribution >= 4 is 34.0 Å². The first-order chi connectivity index (χ1) is 13.1. The molecule has 3 aromatic rings. The summed E-state index contributed by atoms with van der Waals surface area (Å²) in [5, 5.41) is 2.54. The van der Waals surface area contributed by atoms with Gasteiger partial charge in [0.25, 0.3) is 5.95 Å². The Hall–Kier alpha value is -2.12. The summed E-state index contributed by atoms with van der Waals surface area (Å²) in [6, 6.07) is 12.2. The van der Waals surface area contributed by atoms with Crippen molar-refractivity contribution in [3.8, 4) is 11.5 Å². The minimum Gasteiger partial charge on any atom is -0.487 e. The van der Waals surface area contributed by atoms with E-state index < -0.39 is 5.95 Å². The van der Waals surface area contributed by atoms with Crippen LogP contribution < -0.4 is 15.0 Å². The number of hydrogen-bond donors (Lipinski definition) is 1. The maximum atomic E-state index is 14.1. The van der Waals surface area contributed by atoms with Gasteiger partial charge in [-0.2, -0.15) is 9.87 Å². The maximum absolute atomic E-state index is 14.1. The van der Waals surface area contributed by atoms with E-state index in [1.165, 1.54) is 13.2 Å². The zero-order chi connectivity index (χ0) is 19.2. The fourth-order valence-corrected chi connectivity index (χ4v) is 2.89. The molecule has 27 heavy (non-hydrogen) atoms. The number of hydroxylamine groups is 1. The highest BCUT2D eigenvalue weighted by Crippen LogP contribution is 2.35. The van der Waals surface area contributed by atoms with Gasteiger partial charge in [-0.05, 0) is 30.3 Å². The van der Waals surface area contributed by atoms with Gasteiger partial charge in [0.15, 0.2) is 5.75 Å². The van der Waals surface area contributed by atoms with E-state index in [4.69, 9.17) is 32.7 Å². The quantitative estimate of drug-likeness (QED) is 0.328. The number of hydrogen-bond acceptors (Lipinski definition) is 5. The number of halogens is 3. The van der Waals surface area contributed by atoms with E-state index in [0.29, 0.717) is 28.0 Å². The van der Waals surface area contributed by atoms with E-state index in [0.717, 1.165) is 10.8 Å². The van der Waals surface area contributed by atoms with Gasteiger partial charge < -0.3 is 14.3 Å². The van der Waals surface area contributed by atoms with E-state index in [1.807, 2.05) is 24.3 Å². The van der Waals surface area contributed by atoms with Gasteiger partial charge in [0.2, 0.25) is 0 Å². The van der Waals surface area contributed by atoms with E-state index in [-0.39, 0.29) is 19.0 Å². The van der Waals surface area contributed by atoms with Crippen LogP contribution in [0.2, 0.25) is 10.0 Å². The molecule has 0 saturated carbocycles. The van der Waals surface area contributed by atoms with Crippen molar-refractivity contribution in [1.82, 2.24) is 10.5 Å². The molecule has 8 heteroatoms. The normalized spacial score (nSPS) is 11.0. The topological polar surface area (TPSA) is 52.6 Å². The summed E-state index contributed by atoms with van der Waals surface area (Å²) in [5.41, 5.74) is 3.04. The first kappa shape index (κ1) is 19.6. The van der Waals surface area contributed by atoms with E-state index in [9.17, 15) is 4.39 Å². The molecule has 0 aliphatic rings. The van der Waals surface area contributed by atoms with Crippen LogP contribution in [0, 0.1) is 5.95 Å². The second-order valence-electron chi connectivity index (χ2n) is 5.54. The first-order valence-corrected chi connectivity index (χ1v) is 8.89. The summed E-state index contributed by atoms with van der Waals surface area (Å²) in [6.45, 7) is 0.776. The van der Waals surface area contributed by atoms with E-state index in [1.54, 1.807) is 12.1 Å². The van der Waals surface area contributed by atoms with Gasteiger partial charge in [-0.3, -0.25) is 0 Å². The Bertz CT molecular complexity index is 940. The highest BCUT2D eigenvalue weighted by molar-refractivity contribution is 6.45. The van der Waals surface area contributed by atoms with Gasteiger partial charge in [-0.25, -0.2) is 4.98 Å². The lowest BCUT2D eigenvalue weighted by molar-refractivity contribution is 0.0801. The van der Waals surface area contributed by atoms with Gasteiger partial charge in [-0.15, -0.1) is 0 Å². The van der Waals surface area contributed by atoms with Gasteiger partial charge in [0.05, 0.1) is 29.4 Å². The third kappa shape index (κ3) is 4.78. The molecule has 0 aliphatic heterocycles. The molecular weight excluding hydrogens is 394 g/mol. The summed E-state index contributed by atoms with van der Waals surface area (Å²) in [5.74, 6) is -0.0104. The summed E-state index contributed by atoms with van der Waals surface area (Å²) in [7, 11) is 1.50. The van der Waals surface area contributed by atoms with Crippen LogP contribution in [-0.2, 0) is 11.4 Å². The molecule has 0 radical (unpaired) electrons. The molecule has 0 amide bonds. The number of pyridine rings is 1. The van der Waals surface area contributed by atoms with Gasteiger partial charge in [0, 0.05) is 10.8 Å². The van der Waals surface area contributed by atoms with Crippen LogP contribution in [0.5, 0.6) is 11.5 Å². The Labute approximate surface area is 165 Å². The number of aromatic nitrogens is 1. The van der Waals surface area contributed by atoms with Crippen molar-refractivity contribution in [1.29, 1.82) is 0 Å². The number of nitrogens with one attached hydrogen (secondary N) is 1. The lowest BCUT2D eigenvalue weighted by Gasteiger charge is -2.11. The monoisotopic (exact) mass is 410 g/mol. The molecule has 1 heterocycles. The standard InChI is InChI=1S/C19H17Cl2FN2O3/c1-25-23-9-10-26-17-8-5-12(24-19(17)22)11-27-16-4-2-3-14-13(16)6-7-15(20)18(14)21/h2-8,23H,9-11H2,1H3. The van der Waals surface area contributed by atoms with Crippen molar-refractivity contribution in [3.05, 3.63) is 64.2 Å². The lowest BCUT2D eigenvalue weighted by Crippen LogP contribution is -2.20. The molecule has 0 atom stereocenters. The number of fused-ring (bicyclic) bond motifs is 1. The Morgan fingerprint density at radius 2 is 1.85 bits per heavy atom. The molecule has 0 aliphatic carbocycles. The van der Waals surface area contributed by atoms with Crippen molar-refractivity contribution in [2.24, 2.45) is 0 Å². The predicted octanol–water partition coefficient (Wildman–Crippen LogP) is 4.79. The SMILES string of the molecule is CONCCOc1ccc(COc2cccc3c(Cl)c(Cl)ccc23)nc1F. The Balaban J connectivity index is 1.69. The average molecular weight is 411 g/mol. The lowest BCUT2D eigenvalue weighted by atomic mass is 10.1. The van der Waals surface area contributed by atoms with Crippen LogP contribution in [0.25, 0.3) is 10.8 Å². The number of benzene rings is 2. The van der Waals surface area contributed by atoms with Crippen LogP contribution in [-0.4, -0.2) is 25.2 Å². The van der Waals surface area contributed by atoms with Crippen LogP contribution in [0.1, 0.15) is 5.69 Å². The van der Waals surface area contributed by atoms with Crippen LogP contribution in [0.4, 0.5) is 4.39 Å². The fraction of sp³-hybridized carbons (Fsp3) is 0.211. The number of nitrogens with zero attached hydrogens (tertiary/aromatic N) is 1. The van der Waals surface area contributed by atoms with Crippen molar-refractivity contribution in [2.75, 3.05) is 20.3 Å². The predicted molar refractivity (Wildman–Crippen MR) is 103 cm³/mol. The first-order valence-electron chi connectivity index (χ1n) is 8.13. The molecule has 1 aromatic heterocycles.